The molecular weight excluding hydrogens is 365 g/mol. The van der Waals surface area contributed by atoms with Crippen molar-refractivity contribution >= 4 is 18.1 Å². The van der Waals surface area contributed by atoms with Crippen LogP contribution in [0, 0.1) is 0 Å². The number of halogens is 1. The first kappa shape index (κ1) is 20.9. The van der Waals surface area contributed by atoms with E-state index < -0.39 is 24.9 Å². The van der Waals surface area contributed by atoms with E-state index in [1.54, 1.807) is 24.3 Å². The van der Waals surface area contributed by atoms with Crippen molar-refractivity contribution in [3.05, 3.63) is 71.8 Å². The van der Waals surface area contributed by atoms with Crippen LogP contribution in [0.3, 0.4) is 0 Å². The predicted octanol–water partition coefficient (Wildman–Crippen LogP) is 3.55. The maximum absolute atomic E-state index is 12.8. The van der Waals surface area contributed by atoms with Gasteiger partial charge >= 0.3 is 12.2 Å². The number of guanidine groups is 1. The van der Waals surface area contributed by atoms with Crippen LogP contribution in [0.25, 0.3) is 0 Å². The summed E-state index contributed by atoms with van der Waals surface area (Å²) in [5, 5.41) is 4.58. The van der Waals surface area contributed by atoms with Gasteiger partial charge in [-0.15, -0.1) is 0 Å². The molecule has 0 radical (unpaired) electrons. The highest BCUT2D eigenvalue weighted by atomic mass is 19.1. The molecule has 0 saturated carbocycles. The lowest BCUT2D eigenvalue weighted by atomic mass is 10.2. The number of nitrogens with zero attached hydrogens (tertiary/aromatic N) is 1. The van der Waals surface area contributed by atoms with Crippen molar-refractivity contribution in [2.75, 3.05) is 6.67 Å². The summed E-state index contributed by atoms with van der Waals surface area (Å²) in [6.07, 6.45) is -1.67. The van der Waals surface area contributed by atoms with Crippen molar-refractivity contribution in [3.63, 3.8) is 0 Å². The van der Waals surface area contributed by atoms with Crippen LogP contribution < -0.4 is 10.6 Å². The van der Waals surface area contributed by atoms with Crippen LogP contribution in [-0.4, -0.2) is 30.9 Å². The molecule has 2 N–H and O–H groups in total. The average Bonchev–Trinajstić information content (AvgIpc) is 2.72. The second-order valence-corrected chi connectivity index (χ2v) is 5.85. The Bertz CT molecular complexity index is 725. The number of benzene rings is 2. The van der Waals surface area contributed by atoms with Gasteiger partial charge in [-0.1, -0.05) is 60.7 Å². The van der Waals surface area contributed by atoms with Crippen LogP contribution >= 0.6 is 0 Å². The first-order chi connectivity index (χ1) is 13.6. The summed E-state index contributed by atoms with van der Waals surface area (Å²) in [6, 6.07) is 17.4. The molecule has 0 bridgehead atoms. The van der Waals surface area contributed by atoms with E-state index in [1.807, 2.05) is 36.4 Å². The molecule has 2 aromatic rings. The third-order valence-corrected chi connectivity index (χ3v) is 3.44. The number of rotatable bonds is 6. The van der Waals surface area contributed by atoms with Gasteiger partial charge in [0.25, 0.3) is 0 Å². The van der Waals surface area contributed by atoms with Crippen LogP contribution in [0.5, 0.6) is 0 Å². The molecule has 2 rings (SSSR count). The van der Waals surface area contributed by atoms with Gasteiger partial charge in [-0.05, 0) is 18.1 Å². The van der Waals surface area contributed by atoms with Crippen LogP contribution in [0.1, 0.15) is 18.1 Å². The minimum atomic E-state index is -0.836. The van der Waals surface area contributed by atoms with E-state index in [0.717, 1.165) is 11.1 Å². The highest BCUT2D eigenvalue weighted by Crippen LogP contribution is 2.02. The minimum absolute atomic E-state index is 0.0388. The Kier molecular flexibility index (Phi) is 8.45. The van der Waals surface area contributed by atoms with E-state index in [0.29, 0.717) is 0 Å². The van der Waals surface area contributed by atoms with Crippen molar-refractivity contribution in [1.82, 2.24) is 10.6 Å². The van der Waals surface area contributed by atoms with Crippen LogP contribution in [-0.2, 0) is 22.7 Å². The Morgan fingerprint density at radius 3 is 1.71 bits per heavy atom. The summed E-state index contributed by atoms with van der Waals surface area (Å²) in [5.41, 5.74) is 1.59. The number of carbonyl (C=O) groups excluding carboxylic acids is 2. The van der Waals surface area contributed by atoms with Crippen molar-refractivity contribution in [3.8, 4) is 0 Å². The monoisotopic (exact) mass is 387 g/mol. The molecular formula is C20H22FN3O4. The summed E-state index contributed by atoms with van der Waals surface area (Å²) >= 11 is 0. The number of carbonyl (C=O) groups is 2. The van der Waals surface area contributed by atoms with Crippen molar-refractivity contribution in [2.24, 2.45) is 4.99 Å². The van der Waals surface area contributed by atoms with Crippen LogP contribution in [0.15, 0.2) is 65.7 Å². The van der Waals surface area contributed by atoms with Gasteiger partial charge in [-0.25, -0.2) is 19.0 Å². The largest absolute Gasteiger partial charge is 0.444 e. The lowest BCUT2D eigenvalue weighted by Gasteiger charge is -2.13. The molecule has 0 spiro atoms. The third kappa shape index (κ3) is 7.86. The Morgan fingerprint density at radius 1 is 0.893 bits per heavy atom. The predicted molar refractivity (Wildman–Crippen MR) is 102 cm³/mol. The molecule has 0 fully saturated rings. The molecule has 148 valence electrons. The Labute approximate surface area is 162 Å². The lowest BCUT2D eigenvalue weighted by Crippen LogP contribution is -2.45. The maximum Gasteiger partial charge on any atom is 0.414 e. The highest BCUT2D eigenvalue weighted by Gasteiger charge is 2.13. The fourth-order valence-corrected chi connectivity index (χ4v) is 2.06. The Morgan fingerprint density at radius 2 is 1.32 bits per heavy atom. The van der Waals surface area contributed by atoms with Gasteiger partial charge in [-0.2, -0.15) is 0 Å². The highest BCUT2D eigenvalue weighted by molar-refractivity contribution is 6.01. The number of hydrogen-bond donors (Lipinski definition) is 2. The zero-order valence-electron chi connectivity index (χ0n) is 15.4. The van der Waals surface area contributed by atoms with Gasteiger partial charge in [0.2, 0.25) is 5.96 Å². The fourth-order valence-electron chi connectivity index (χ4n) is 2.06. The van der Waals surface area contributed by atoms with E-state index in [9.17, 15) is 14.0 Å². The van der Waals surface area contributed by atoms with Crippen molar-refractivity contribution in [2.45, 2.75) is 26.2 Å². The number of nitrogens with one attached hydrogen (secondary N) is 2. The molecule has 28 heavy (non-hydrogen) atoms. The zero-order valence-corrected chi connectivity index (χ0v) is 15.4. The van der Waals surface area contributed by atoms with Gasteiger partial charge in [0.15, 0.2) is 0 Å². The Hall–Kier alpha value is -3.42. The van der Waals surface area contributed by atoms with Crippen LogP contribution in [0.2, 0.25) is 0 Å². The number of ether oxygens (including phenoxy) is 2. The lowest BCUT2D eigenvalue weighted by molar-refractivity contribution is 0.141. The minimum Gasteiger partial charge on any atom is -0.444 e. The van der Waals surface area contributed by atoms with Crippen molar-refractivity contribution in [1.29, 1.82) is 0 Å². The first-order valence-electron chi connectivity index (χ1n) is 8.66. The maximum atomic E-state index is 12.8. The van der Waals surface area contributed by atoms with E-state index in [2.05, 4.69) is 15.6 Å². The summed E-state index contributed by atoms with van der Waals surface area (Å²) in [5.74, 6) is -0.249. The van der Waals surface area contributed by atoms with Gasteiger partial charge in [0.05, 0.1) is 6.04 Å². The molecule has 2 amide bonds. The number of alkyl halides is 1. The number of hydrogen-bond acceptors (Lipinski definition) is 5. The molecule has 2 aromatic carbocycles. The second-order valence-electron chi connectivity index (χ2n) is 5.85. The number of amides is 2. The normalized spacial score (nSPS) is 11.1. The van der Waals surface area contributed by atoms with Gasteiger partial charge in [0, 0.05) is 0 Å². The topological polar surface area (TPSA) is 89.0 Å². The second kappa shape index (κ2) is 11.3. The molecule has 0 heterocycles. The molecule has 0 aliphatic carbocycles. The number of alkyl carbamates (subject to hydrolysis) is 2. The smallest absolute Gasteiger partial charge is 0.414 e. The van der Waals surface area contributed by atoms with Gasteiger partial charge < -0.3 is 9.47 Å². The average molecular weight is 387 g/mol. The van der Waals surface area contributed by atoms with Gasteiger partial charge in [-0.3, -0.25) is 10.6 Å². The van der Waals surface area contributed by atoms with E-state index in [-0.39, 0.29) is 19.2 Å². The Balaban J connectivity index is 1.88. The molecule has 7 nitrogen and oxygen atoms in total. The summed E-state index contributed by atoms with van der Waals surface area (Å²) in [4.78, 5) is 27.8. The number of aliphatic imine (C=N–C) groups is 1. The summed E-state index contributed by atoms with van der Waals surface area (Å²) in [6.45, 7) is 0.813. The molecule has 0 aliphatic rings. The summed E-state index contributed by atoms with van der Waals surface area (Å²) in [7, 11) is 0. The first-order valence-corrected chi connectivity index (χ1v) is 8.66. The molecule has 0 aromatic heterocycles. The molecule has 0 saturated heterocycles. The third-order valence-electron chi connectivity index (χ3n) is 3.44. The molecule has 1 atom stereocenters. The summed E-state index contributed by atoms with van der Waals surface area (Å²) < 4.78 is 22.9. The van der Waals surface area contributed by atoms with Crippen LogP contribution in [0.4, 0.5) is 14.0 Å². The van der Waals surface area contributed by atoms with Crippen molar-refractivity contribution < 1.29 is 23.5 Å². The SMILES string of the molecule is CC(CF)N=C(NC(=O)OCc1ccccc1)NC(=O)OCc1ccccc1. The molecule has 8 heteroatoms. The van der Waals surface area contributed by atoms with E-state index >= 15 is 0 Å². The molecule has 0 aliphatic heterocycles. The van der Waals surface area contributed by atoms with E-state index in [4.69, 9.17) is 9.47 Å². The quantitative estimate of drug-likeness (QED) is 0.586. The zero-order chi connectivity index (χ0) is 20.2. The fraction of sp³-hybridized carbons (Fsp3) is 0.250. The van der Waals surface area contributed by atoms with E-state index in [1.165, 1.54) is 6.92 Å². The van der Waals surface area contributed by atoms with Gasteiger partial charge in [0.1, 0.15) is 19.9 Å². The molecule has 1 unspecified atom stereocenters. The standard InChI is InChI=1S/C20H22FN3O4/c1-15(12-21)22-18(23-19(25)27-13-16-8-4-2-5-9-16)24-20(26)28-14-17-10-6-3-7-11-17/h2-11,15H,12-14H2,1H3,(H2,22,23,24,25,26).